The van der Waals surface area contributed by atoms with E-state index >= 15 is 0 Å². The van der Waals surface area contributed by atoms with Crippen LogP contribution in [0.5, 0.6) is 6.01 Å². The Balaban J connectivity index is 1.56. The zero-order valence-electron chi connectivity index (χ0n) is 11.6. The topological polar surface area (TPSA) is 81.9 Å². The molecule has 0 spiro atoms. The number of amides is 1. The van der Waals surface area contributed by atoms with Crippen LogP contribution in [-0.2, 0) is 4.79 Å². The van der Waals surface area contributed by atoms with E-state index in [4.69, 9.17) is 4.74 Å². The van der Waals surface area contributed by atoms with Crippen LogP contribution in [0.15, 0.2) is 61.1 Å². The van der Waals surface area contributed by atoms with Gasteiger partial charge in [-0.1, -0.05) is 24.3 Å². The second kappa shape index (κ2) is 6.49. The molecule has 0 saturated carbocycles. The summed E-state index contributed by atoms with van der Waals surface area (Å²) < 4.78 is 6.83. The first kappa shape index (κ1) is 13.7. The van der Waals surface area contributed by atoms with Gasteiger partial charge in [0, 0.05) is 6.20 Å². The van der Waals surface area contributed by atoms with Crippen LogP contribution < -0.4 is 10.1 Å². The number of hydrogen-bond donors (Lipinski definition) is 1. The van der Waals surface area contributed by atoms with Crippen LogP contribution >= 0.6 is 0 Å². The lowest BCUT2D eigenvalue weighted by atomic mass is 10.3. The molecule has 0 bridgehead atoms. The standard InChI is InChI=1S/C15H13N5O2/c21-14(18-13-8-4-5-9-16-13)10-22-15-17-11-20(19-15)12-6-2-1-3-7-12/h1-9,11H,10H2,(H,16,18,21). The molecule has 0 atom stereocenters. The quantitative estimate of drug-likeness (QED) is 0.774. The Morgan fingerprint density at radius 3 is 2.68 bits per heavy atom. The van der Waals surface area contributed by atoms with E-state index in [1.807, 2.05) is 30.3 Å². The number of para-hydroxylation sites is 1. The molecule has 2 heterocycles. The Kier molecular flexibility index (Phi) is 4.05. The number of pyridine rings is 1. The first-order valence-electron chi connectivity index (χ1n) is 6.62. The molecule has 110 valence electrons. The maximum Gasteiger partial charge on any atom is 0.336 e. The summed E-state index contributed by atoms with van der Waals surface area (Å²) in [5.41, 5.74) is 0.864. The highest BCUT2D eigenvalue weighted by Gasteiger charge is 2.08. The van der Waals surface area contributed by atoms with Crippen LogP contribution in [0.25, 0.3) is 5.69 Å². The average Bonchev–Trinajstić information content (AvgIpc) is 3.04. The Labute approximate surface area is 126 Å². The van der Waals surface area contributed by atoms with Crippen LogP contribution in [0, 0.1) is 0 Å². The van der Waals surface area contributed by atoms with Crippen LogP contribution in [0.2, 0.25) is 0 Å². The number of anilines is 1. The third kappa shape index (κ3) is 3.45. The van der Waals surface area contributed by atoms with Crippen molar-refractivity contribution in [1.29, 1.82) is 0 Å². The summed E-state index contributed by atoms with van der Waals surface area (Å²) >= 11 is 0. The van der Waals surface area contributed by atoms with Crippen molar-refractivity contribution in [1.82, 2.24) is 19.7 Å². The molecule has 1 amide bonds. The molecule has 0 radical (unpaired) electrons. The van der Waals surface area contributed by atoms with Gasteiger partial charge in [-0.2, -0.15) is 4.98 Å². The highest BCUT2D eigenvalue weighted by molar-refractivity contribution is 5.90. The predicted molar refractivity (Wildman–Crippen MR) is 79.7 cm³/mol. The molecule has 0 unspecified atom stereocenters. The van der Waals surface area contributed by atoms with Crippen molar-refractivity contribution in [3.63, 3.8) is 0 Å². The molecule has 0 saturated heterocycles. The lowest BCUT2D eigenvalue weighted by molar-refractivity contribution is -0.118. The van der Waals surface area contributed by atoms with Crippen LogP contribution in [-0.4, -0.2) is 32.3 Å². The van der Waals surface area contributed by atoms with Crippen molar-refractivity contribution >= 4 is 11.7 Å². The second-order valence-electron chi connectivity index (χ2n) is 4.36. The largest absolute Gasteiger partial charge is 0.452 e. The van der Waals surface area contributed by atoms with Crippen molar-refractivity contribution in [2.45, 2.75) is 0 Å². The minimum atomic E-state index is -0.324. The smallest absolute Gasteiger partial charge is 0.336 e. The molecule has 1 N–H and O–H groups in total. The van der Waals surface area contributed by atoms with Gasteiger partial charge in [0.05, 0.1) is 5.69 Å². The molecule has 3 rings (SSSR count). The summed E-state index contributed by atoms with van der Waals surface area (Å²) in [7, 11) is 0. The Hall–Kier alpha value is -3.22. The summed E-state index contributed by atoms with van der Waals surface area (Å²) in [5.74, 6) is 0.147. The first-order chi connectivity index (χ1) is 10.8. The maximum atomic E-state index is 11.7. The van der Waals surface area contributed by atoms with Gasteiger partial charge in [0.1, 0.15) is 12.1 Å². The third-order valence-corrected chi connectivity index (χ3v) is 2.76. The Bertz CT molecular complexity index is 743. The monoisotopic (exact) mass is 295 g/mol. The van der Waals surface area contributed by atoms with Gasteiger partial charge in [-0.3, -0.25) is 4.79 Å². The molecule has 0 aliphatic rings. The summed E-state index contributed by atoms with van der Waals surface area (Å²) in [5, 5.41) is 6.76. The van der Waals surface area contributed by atoms with E-state index in [1.54, 1.807) is 29.1 Å². The number of nitrogens with one attached hydrogen (secondary N) is 1. The molecule has 3 aromatic rings. The summed E-state index contributed by atoms with van der Waals surface area (Å²) in [4.78, 5) is 19.7. The van der Waals surface area contributed by atoms with E-state index in [-0.39, 0.29) is 18.5 Å². The fourth-order valence-corrected chi connectivity index (χ4v) is 1.76. The summed E-state index contributed by atoms with van der Waals surface area (Å²) in [6.07, 6.45) is 3.13. The molecular weight excluding hydrogens is 282 g/mol. The number of carbonyl (C=O) groups is 1. The lowest BCUT2D eigenvalue weighted by Gasteiger charge is -2.03. The van der Waals surface area contributed by atoms with E-state index in [2.05, 4.69) is 20.4 Å². The zero-order valence-corrected chi connectivity index (χ0v) is 11.6. The minimum Gasteiger partial charge on any atom is -0.452 e. The van der Waals surface area contributed by atoms with E-state index in [0.29, 0.717) is 5.82 Å². The molecule has 1 aromatic carbocycles. The van der Waals surface area contributed by atoms with Crippen molar-refractivity contribution < 1.29 is 9.53 Å². The highest BCUT2D eigenvalue weighted by atomic mass is 16.5. The number of hydrogen-bond acceptors (Lipinski definition) is 5. The van der Waals surface area contributed by atoms with Gasteiger partial charge in [-0.25, -0.2) is 9.67 Å². The normalized spacial score (nSPS) is 10.2. The van der Waals surface area contributed by atoms with Gasteiger partial charge in [0.25, 0.3) is 5.91 Å². The van der Waals surface area contributed by atoms with Gasteiger partial charge in [-0.05, 0) is 24.3 Å². The lowest BCUT2D eigenvalue weighted by Crippen LogP contribution is -2.21. The molecule has 7 nitrogen and oxygen atoms in total. The van der Waals surface area contributed by atoms with Crippen molar-refractivity contribution in [3.8, 4) is 11.7 Å². The summed E-state index contributed by atoms with van der Waals surface area (Å²) in [6.45, 7) is -0.185. The van der Waals surface area contributed by atoms with E-state index < -0.39 is 0 Å². The second-order valence-corrected chi connectivity index (χ2v) is 4.36. The van der Waals surface area contributed by atoms with Gasteiger partial charge in [0.15, 0.2) is 6.61 Å². The van der Waals surface area contributed by atoms with Crippen LogP contribution in [0.3, 0.4) is 0 Å². The molecule has 2 aromatic heterocycles. The molecule has 0 aliphatic carbocycles. The molecule has 0 fully saturated rings. The zero-order chi connectivity index (χ0) is 15.2. The minimum absolute atomic E-state index is 0.139. The van der Waals surface area contributed by atoms with E-state index in [9.17, 15) is 4.79 Å². The van der Waals surface area contributed by atoms with Gasteiger partial charge in [0.2, 0.25) is 0 Å². The number of benzene rings is 1. The van der Waals surface area contributed by atoms with Crippen molar-refractivity contribution in [3.05, 3.63) is 61.1 Å². The summed E-state index contributed by atoms with van der Waals surface area (Å²) in [6, 6.07) is 14.9. The maximum absolute atomic E-state index is 11.7. The number of rotatable bonds is 5. The fraction of sp³-hybridized carbons (Fsp3) is 0.0667. The highest BCUT2D eigenvalue weighted by Crippen LogP contribution is 2.08. The van der Waals surface area contributed by atoms with E-state index in [0.717, 1.165) is 5.69 Å². The Morgan fingerprint density at radius 1 is 1.09 bits per heavy atom. The average molecular weight is 295 g/mol. The molecule has 0 aliphatic heterocycles. The van der Waals surface area contributed by atoms with Gasteiger partial charge < -0.3 is 10.1 Å². The SMILES string of the molecule is O=C(COc1ncn(-c2ccccc2)n1)Nc1ccccn1. The number of ether oxygens (including phenoxy) is 1. The van der Waals surface area contributed by atoms with Crippen LogP contribution in [0.4, 0.5) is 5.82 Å². The number of carbonyl (C=O) groups excluding carboxylic acids is 1. The third-order valence-electron chi connectivity index (χ3n) is 2.76. The Morgan fingerprint density at radius 2 is 1.91 bits per heavy atom. The predicted octanol–water partition coefficient (Wildman–Crippen LogP) is 1.68. The number of aromatic nitrogens is 4. The first-order valence-corrected chi connectivity index (χ1v) is 6.62. The molecule has 22 heavy (non-hydrogen) atoms. The van der Waals surface area contributed by atoms with Crippen molar-refractivity contribution in [2.75, 3.05) is 11.9 Å². The fourth-order valence-electron chi connectivity index (χ4n) is 1.76. The molecule has 7 heteroatoms. The van der Waals surface area contributed by atoms with Crippen LogP contribution in [0.1, 0.15) is 0 Å². The molecular formula is C15H13N5O2. The van der Waals surface area contributed by atoms with Gasteiger partial charge in [-0.15, -0.1) is 5.10 Å². The van der Waals surface area contributed by atoms with E-state index in [1.165, 1.54) is 6.33 Å². The van der Waals surface area contributed by atoms with Crippen molar-refractivity contribution in [2.24, 2.45) is 0 Å². The number of nitrogens with zero attached hydrogens (tertiary/aromatic N) is 4. The van der Waals surface area contributed by atoms with Gasteiger partial charge >= 0.3 is 6.01 Å².